The van der Waals surface area contributed by atoms with Crippen LogP contribution in [0.1, 0.15) is 25.8 Å². The number of Topliss-reactive ketones (excluding diaryl/α,β-unsaturated/α-hetero) is 1. The van der Waals surface area contributed by atoms with Crippen LogP contribution in [0.5, 0.6) is 5.75 Å². The Morgan fingerprint density at radius 2 is 2.13 bits per heavy atom. The second-order valence-corrected chi connectivity index (χ2v) is 5.07. The standard InChI is InChI=1S/C12H15IO2/c1-8(2)11(14)6-4-9-3-5-10(13)12(15)7-9/h3,5,7-8,15H,4,6H2,1-2H3. The van der Waals surface area contributed by atoms with Crippen LogP contribution in [0.2, 0.25) is 0 Å². The number of hydrogen-bond acceptors (Lipinski definition) is 2. The molecule has 1 aromatic carbocycles. The molecular formula is C12H15IO2. The highest BCUT2D eigenvalue weighted by atomic mass is 127. The van der Waals surface area contributed by atoms with Crippen LogP contribution >= 0.6 is 22.6 Å². The zero-order chi connectivity index (χ0) is 11.4. The highest BCUT2D eigenvalue weighted by Crippen LogP contribution is 2.21. The molecule has 0 fully saturated rings. The molecule has 1 aromatic rings. The van der Waals surface area contributed by atoms with Gasteiger partial charge in [-0.3, -0.25) is 4.79 Å². The van der Waals surface area contributed by atoms with Gasteiger partial charge >= 0.3 is 0 Å². The molecule has 1 N–H and O–H groups in total. The molecule has 0 radical (unpaired) electrons. The van der Waals surface area contributed by atoms with E-state index in [0.717, 1.165) is 9.13 Å². The summed E-state index contributed by atoms with van der Waals surface area (Å²) in [5.41, 5.74) is 1.02. The lowest BCUT2D eigenvalue weighted by molar-refractivity contribution is -0.121. The van der Waals surface area contributed by atoms with Gasteiger partial charge in [0.2, 0.25) is 0 Å². The predicted molar refractivity (Wildman–Crippen MR) is 69.0 cm³/mol. The summed E-state index contributed by atoms with van der Waals surface area (Å²) in [7, 11) is 0. The van der Waals surface area contributed by atoms with E-state index in [1.807, 2.05) is 26.0 Å². The van der Waals surface area contributed by atoms with Gasteiger partial charge in [0.05, 0.1) is 3.57 Å². The average Bonchev–Trinajstić information content (AvgIpc) is 2.19. The molecule has 0 aromatic heterocycles. The first-order chi connectivity index (χ1) is 7.00. The average molecular weight is 318 g/mol. The van der Waals surface area contributed by atoms with Gasteiger partial charge in [-0.15, -0.1) is 0 Å². The van der Waals surface area contributed by atoms with Gasteiger partial charge in [0.1, 0.15) is 11.5 Å². The second kappa shape index (κ2) is 5.49. The number of aryl methyl sites for hydroxylation is 1. The summed E-state index contributed by atoms with van der Waals surface area (Å²) in [6, 6.07) is 5.55. The Kier molecular flexibility index (Phi) is 4.57. The molecule has 0 unspecified atom stereocenters. The van der Waals surface area contributed by atoms with E-state index in [1.165, 1.54) is 0 Å². The van der Waals surface area contributed by atoms with Crippen LogP contribution < -0.4 is 0 Å². The number of aromatic hydroxyl groups is 1. The van der Waals surface area contributed by atoms with Gasteiger partial charge in [0.15, 0.2) is 0 Å². The largest absolute Gasteiger partial charge is 0.507 e. The highest BCUT2D eigenvalue weighted by molar-refractivity contribution is 14.1. The third-order valence-electron chi connectivity index (χ3n) is 2.31. The fraction of sp³-hybridized carbons (Fsp3) is 0.417. The van der Waals surface area contributed by atoms with E-state index in [-0.39, 0.29) is 11.7 Å². The molecule has 0 saturated heterocycles. The van der Waals surface area contributed by atoms with E-state index in [0.29, 0.717) is 18.6 Å². The summed E-state index contributed by atoms with van der Waals surface area (Å²) >= 11 is 2.08. The molecule has 0 aliphatic heterocycles. The molecule has 0 bridgehead atoms. The van der Waals surface area contributed by atoms with Crippen molar-refractivity contribution in [3.63, 3.8) is 0 Å². The van der Waals surface area contributed by atoms with E-state index < -0.39 is 0 Å². The highest BCUT2D eigenvalue weighted by Gasteiger charge is 2.07. The summed E-state index contributed by atoms with van der Waals surface area (Å²) in [6.45, 7) is 3.82. The van der Waals surface area contributed by atoms with Gasteiger partial charge in [-0.05, 0) is 46.7 Å². The fourth-order valence-corrected chi connectivity index (χ4v) is 1.61. The number of phenols is 1. The normalized spacial score (nSPS) is 10.7. The van der Waals surface area contributed by atoms with Crippen LogP contribution in [-0.4, -0.2) is 10.9 Å². The van der Waals surface area contributed by atoms with Crippen LogP contribution in [0.4, 0.5) is 0 Å². The molecule has 15 heavy (non-hydrogen) atoms. The summed E-state index contributed by atoms with van der Waals surface area (Å²) in [5, 5.41) is 9.48. The monoisotopic (exact) mass is 318 g/mol. The van der Waals surface area contributed by atoms with Crippen LogP contribution in [0.25, 0.3) is 0 Å². The molecule has 82 valence electrons. The van der Waals surface area contributed by atoms with Crippen LogP contribution in [0.15, 0.2) is 18.2 Å². The molecule has 0 aliphatic carbocycles. The van der Waals surface area contributed by atoms with Crippen molar-refractivity contribution < 1.29 is 9.90 Å². The predicted octanol–water partition coefficient (Wildman–Crippen LogP) is 3.15. The number of phenolic OH excluding ortho intramolecular Hbond substituents is 1. The summed E-state index contributed by atoms with van der Waals surface area (Å²) in [4.78, 5) is 11.4. The summed E-state index contributed by atoms with van der Waals surface area (Å²) in [6.07, 6.45) is 1.26. The lowest BCUT2D eigenvalue weighted by Crippen LogP contribution is -2.07. The summed E-state index contributed by atoms with van der Waals surface area (Å²) in [5.74, 6) is 0.667. The number of rotatable bonds is 4. The number of carbonyl (C=O) groups excluding carboxylic acids is 1. The van der Waals surface area contributed by atoms with Crippen LogP contribution in [0.3, 0.4) is 0 Å². The fourth-order valence-electron chi connectivity index (χ4n) is 1.27. The maximum absolute atomic E-state index is 11.4. The molecule has 0 heterocycles. The van der Waals surface area contributed by atoms with Crippen molar-refractivity contribution in [1.82, 2.24) is 0 Å². The van der Waals surface area contributed by atoms with E-state index in [4.69, 9.17) is 0 Å². The molecular weight excluding hydrogens is 303 g/mol. The van der Waals surface area contributed by atoms with Crippen molar-refractivity contribution in [1.29, 1.82) is 0 Å². The minimum atomic E-state index is 0.0995. The van der Waals surface area contributed by atoms with Gasteiger partial charge < -0.3 is 5.11 Å². The Labute approximate surface area is 104 Å². The Morgan fingerprint density at radius 3 is 2.67 bits per heavy atom. The zero-order valence-corrected chi connectivity index (χ0v) is 11.1. The maximum atomic E-state index is 11.4. The number of hydrogen-bond donors (Lipinski definition) is 1. The molecule has 0 saturated carbocycles. The van der Waals surface area contributed by atoms with Crippen molar-refractivity contribution in [2.24, 2.45) is 5.92 Å². The molecule has 0 spiro atoms. The van der Waals surface area contributed by atoms with E-state index >= 15 is 0 Å². The van der Waals surface area contributed by atoms with Gasteiger partial charge in [0, 0.05) is 12.3 Å². The Balaban J connectivity index is 2.58. The van der Waals surface area contributed by atoms with Crippen LogP contribution in [0, 0.1) is 9.49 Å². The third kappa shape index (κ3) is 3.81. The number of carbonyl (C=O) groups is 1. The first-order valence-corrected chi connectivity index (χ1v) is 6.08. The van der Waals surface area contributed by atoms with Crippen molar-refractivity contribution in [3.8, 4) is 5.75 Å². The molecule has 1 rings (SSSR count). The number of ketones is 1. The van der Waals surface area contributed by atoms with Crippen molar-refractivity contribution in [2.45, 2.75) is 26.7 Å². The third-order valence-corrected chi connectivity index (χ3v) is 3.23. The molecule has 3 heteroatoms. The lowest BCUT2D eigenvalue weighted by atomic mass is 10.0. The van der Waals surface area contributed by atoms with Gasteiger partial charge in [-0.1, -0.05) is 19.9 Å². The second-order valence-electron chi connectivity index (χ2n) is 3.91. The van der Waals surface area contributed by atoms with Crippen molar-refractivity contribution >= 4 is 28.4 Å². The van der Waals surface area contributed by atoms with E-state index in [9.17, 15) is 9.90 Å². The Hall–Kier alpha value is -0.580. The maximum Gasteiger partial charge on any atom is 0.135 e. The van der Waals surface area contributed by atoms with E-state index in [2.05, 4.69) is 22.6 Å². The smallest absolute Gasteiger partial charge is 0.135 e. The zero-order valence-electron chi connectivity index (χ0n) is 8.96. The molecule has 0 aliphatic rings. The minimum absolute atomic E-state index is 0.0995. The van der Waals surface area contributed by atoms with Gasteiger partial charge in [-0.2, -0.15) is 0 Å². The quantitative estimate of drug-likeness (QED) is 0.866. The number of halogens is 1. The minimum Gasteiger partial charge on any atom is -0.507 e. The van der Waals surface area contributed by atoms with Crippen molar-refractivity contribution in [2.75, 3.05) is 0 Å². The molecule has 2 nitrogen and oxygen atoms in total. The topological polar surface area (TPSA) is 37.3 Å². The van der Waals surface area contributed by atoms with Crippen LogP contribution in [-0.2, 0) is 11.2 Å². The van der Waals surface area contributed by atoms with Gasteiger partial charge in [-0.25, -0.2) is 0 Å². The van der Waals surface area contributed by atoms with Gasteiger partial charge in [0.25, 0.3) is 0 Å². The number of benzene rings is 1. The molecule has 0 atom stereocenters. The SMILES string of the molecule is CC(C)C(=O)CCc1ccc(I)c(O)c1. The molecule has 0 amide bonds. The van der Waals surface area contributed by atoms with Crippen molar-refractivity contribution in [3.05, 3.63) is 27.3 Å². The Bertz CT molecular complexity index is 359. The first-order valence-electron chi connectivity index (χ1n) is 5.01. The lowest BCUT2D eigenvalue weighted by Gasteiger charge is -2.05. The Morgan fingerprint density at radius 1 is 1.47 bits per heavy atom. The van der Waals surface area contributed by atoms with E-state index in [1.54, 1.807) is 6.07 Å². The summed E-state index contributed by atoms with van der Waals surface area (Å²) < 4.78 is 0.839. The first kappa shape index (κ1) is 12.5.